The summed E-state index contributed by atoms with van der Waals surface area (Å²) in [7, 11) is 0. The van der Waals surface area contributed by atoms with Gasteiger partial charge in [-0.3, -0.25) is 0 Å². The van der Waals surface area contributed by atoms with Gasteiger partial charge in [0, 0.05) is 5.92 Å². The molecule has 1 saturated carbocycles. The Labute approximate surface area is 111 Å². The van der Waals surface area contributed by atoms with Crippen molar-refractivity contribution in [3.63, 3.8) is 0 Å². The highest BCUT2D eigenvalue weighted by Gasteiger charge is 2.67. The lowest BCUT2D eigenvalue weighted by molar-refractivity contribution is 0.0697. The number of aromatic nitrogens is 1. The van der Waals surface area contributed by atoms with Gasteiger partial charge in [-0.15, -0.1) is 0 Å². The number of hydrogen-bond donors (Lipinski definition) is 1. The van der Waals surface area contributed by atoms with Crippen molar-refractivity contribution in [2.75, 3.05) is 0 Å². The lowest BCUT2D eigenvalue weighted by atomic mass is 10.0. The average molecular weight is 259 g/mol. The second-order valence-corrected chi connectivity index (χ2v) is 6.42. The van der Waals surface area contributed by atoms with Crippen molar-refractivity contribution in [2.24, 2.45) is 10.8 Å². The van der Waals surface area contributed by atoms with Crippen molar-refractivity contribution in [3.05, 3.63) is 29.7 Å². The Hall–Kier alpha value is -1.84. The van der Waals surface area contributed by atoms with Gasteiger partial charge in [-0.2, -0.15) is 0 Å². The number of fused-ring (bicyclic) bond motifs is 1. The van der Waals surface area contributed by atoms with E-state index in [1.54, 1.807) is 18.2 Å². The lowest BCUT2D eigenvalue weighted by Crippen LogP contribution is -1.95. The second kappa shape index (κ2) is 3.38. The third-order valence-electron chi connectivity index (χ3n) is 4.92. The van der Waals surface area contributed by atoms with Crippen LogP contribution in [0.25, 0.3) is 11.1 Å². The molecule has 0 unspecified atom stereocenters. The molecule has 0 bridgehead atoms. The molecule has 3 rings (SSSR count). The van der Waals surface area contributed by atoms with Gasteiger partial charge in [-0.1, -0.05) is 27.7 Å². The maximum atomic E-state index is 10.9. The van der Waals surface area contributed by atoms with E-state index in [0.717, 1.165) is 0 Å². The van der Waals surface area contributed by atoms with E-state index in [0.29, 0.717) is 17.0 Å². The maximum absolute atomic E-state index is 10.9. The lowest BCUT2D eigenvalue weighted by Gasteiger charge is -2.03. The summed E-state index contributed by atoms with van der Waals surface area (Å²) < 4.78 is 5.79. The van der Waals surface area contributed by atoms with E-state index in [2.05, 4.69) is 32.7 Å². The molecule has 100 valence electrons. The van der Waals surface area contributed by atoms with Crippen LogP contribution in [0, 0.1) is 10.8 Å². The average Bonchev–Trinajstić information content (AvgIpc) is 2.62. The number of carboxylic acids is 1. The Morgan fingerprint density at radius 1 is 1.26 bits per heavy atom. The number of carbonyl (C=O) groups is 1. The van der Waals surface area contributed by atoms with Crippen LogP contribution in [0.4, 0.5) is 0 Å². The first-order valence-electron chi connectivity index (χ1n) is 6.39. The third kappa shape index (κ3) is 1.52. The van der Waals surface area contributed by atoms with E-state index in [-0.39, 0.29) is 22.3 Å². The summed E-state index contributed by atoms with van der Waals surface area (Å²) in [6.07, 6.45) is 0. The van der Waals surface area contributed by atoms with Crippen molar-refractivity contribution in [3.8, 4) is 0 Å². The summed E-state index contributed by atoms with van der Waals surface area (Å²) in [5.74, 6) is 0.0479. The molecule has 1 aromatic heterocycles. The van der Waals surface area contributed by atoms with Gasteiger partial charge in [0.1, 0.15) is 5.52 Å². The fourth-order valence-electron chi connectivity index (χ4n) is 3.02. The number of hydrogen-bond acceptors (Lipinski definition) is 3. The summed E-state index contributed by atoms with van der Waals surface area (Å²) in [4.78, 5) is 15.4. The molecule has 1 aromatic carbocycles. The highest BCUT2D eigenvalue weighted by atomic mass is 16.4. The predicted octanol–water partition coefficient (Wildman–Crippen LogP) is 3.68. The number of aromatic carboxylic acids is 1. The normalized spacial score (nSPS) is 20.6. The molecule has 1 N–H and O–H groups in total. The van der Waals surface area contributed by atoms with Crippen molar-refractivity contribution in [1.82, 2.24) is 4.98 Å². The smallest absolute Gasteiger partial charge is 0.335 e. The van der Waals surface area contributed by atoms with Crippen LogP contribution in [0.15, 0.2) is 22.6 Å². The van der Waals surface area contributed by atoms with E-state index < -0.39 is 5.97 Å². The van der Waals surface area contributed by atoms with Crippen LogP contribution in [0.2, 0.25) is 0 Å². The van der Waals surface area contributed by atoms with Crippen molar-refractivity contribution in [2.45, 2.75) is 33.6 Å². The molecule has 2 aromatic rings. The first-order valence-corrected chi connectivity index (χ1v) is 6.39. The zero-order valence-corrected chi connectivity index (χ0v) is 11.5. The number of nitrogens with zero attached hydrogens (tertiary/aromatic N) is 1. The van der Waals surface area contributed by atoms with E-state index in [1.165, 1.54) is 0 Å². The molecule has 0 atom stereocenters. The molecule has 0 amide bonds. The number of carboxylic acid groups (broad SMARTS) is 1. The van der Waals surface area contributed by atoms with Gasteiger partial charge in [0.25, 0.3) is 0 Å². The van der Waals surface area contributed by atoms with Crippen LogP contribution in [0.5, 0.6) is 0 Å². The van der Waals surface area contributed by atoms with Crippen molar-refractivity contribution < 1.29 is 14.3 Å². The van der Waals surface area contributed by atoms with Gasteiger partial charge in [0.2, 0.25) is 0 Å². The summed E-state index contributed by atoms with van der Waals surface area (Å²) in [6.45, 7) is 8.81. The maximum Gasteiger partial charge on any atom is 0.335 e. The molecule has 1 aliphatic carbocycles. The van der Waals surface area contributed by atoms with E-state index in [1.807, 2.05) is 0 Å². The van der Waals surface area contributed by atoms with Crippen LogP contribution < -0.4 is 0 Å². The molecule has 0 radical (unpaired) electrons. The molecule has 1 heterocycles. The molecule has 0 spiro atoms. The first kappa shape index (κ1) is 12.2. The van der Waals surface area contributed by atoms with E-state index >= 15 is 0 Å². The summed E-state index contributed by atoms with van der Waals surface area (Å²) in [5, 5.41) is 8.98. The number of rotatable bonds is 2. The standard InChI is InChI=1S/C15H17NO3/c1-14(2)11(15(14,3)4)12-16-9-7-8(13(17)18)5-6-10(9)19-12/h5-7,11H,1-4H3,(H,17,18). The SMILES string of the molecule is CC1(C)C(c2nc3cc(C(=O)O)ccc3o2)C1(C)C. The minimum absolute atomic E-state index is 0.156. The molecule has 0 saturated heterocycles. The molecule has 1 aliphatic rings. The number of benzene rings is 1. The Kier molecular flexibility index (Phi) is 2.17. The van der Waals surface area contributed by atoms with E-state index in [4.69, 9.17) is 9.52 Å². The molecule has 19 heavy (non-hydrogen) atoms. The van der Waals surface area contributed by atoms with Gasteiger partial charge in [-0.05, 0) is 29.0 Å². The predicted molar refractivity (Wildman–Crippen MR) is 71.3 cm³/mol. The minimum Gasteiger partial charge on any atom is -0.478 e. The largest absolute Gasteiger partial charge is 0.478 e. The summed E-state index contributed by atoms with van der Waals surface area (Å²) in [5.41, 5.74) is 1.82. The van der Waals surface area contributed by atoms with E-state index in [9.17, 15) is 4.79 Å². The van der Waals surface area contributed by atoms with Gasteiger partial charge in [0.05, 0.1) is 5.56 Å². The van der Waals surface area contributed by atoms with Gasteiger partial charge < -0.3 is 9.52 Å². The van der Waals surface area contributed by atoms with Crippen LogP contribution in [-0.4, -0.2) is 16.1 Å². The Balaban J connectivity index is 2.07. The molecule has 0 aliphatic heterocycles. The van der Waals surface area contributed by atoms with Gasteiger partial charge >= 0.3 is 5.97 Å². The van der Waals surface area contributed by atoms with Crippen LogP contribution in [0.1, 0.15) is 49.9 Å². The minimum atomic E-state index is -0.946. The second-order valence-electron chi connectivity index (χ2n) is 6.42. The highest BCUT2D eigenvalue weighted by molar-refractivity contribution is 5.91. The zero-order valence-electron chi connectivity index (χ0n) is 11.5. The van der Waals surface area contributed by atoms with Gasteiger partial charge in [0.15, 0.2) is 11.5 Å². The molecular weight excluding hydrogens is 242 g/mol. The Morgan fingerprint density at radius 2 is 1.89 bits per heavy atom. The fourth-order valence-corrected chi connectivity index (χ4v) is 3.02. The van der Waals surface area contributed by atoms with Gasteiger partial charge in [-0.25, -0.2) is 9.78 Å². The summed E-state index contributed by atoms with van der Waals surface area (Å²) >= 11 is 0. The monoisotopic (exact) mass is 259 g/mol. The highest BCUT2D eigenvalue weighted by Crippen LogP contribution is 2.73. The molecule has 4 heteroatoms. The summed E-state index contributed by atoms with van der Waals surface area (Å²) in [6, 6.07) is 4.79. The van der Waals surface area contributed by atoms with Crippen LogP contribution >= 0.6 is 0 Å². The fraction of sp³-hybridized carbons (Fsp3) is 0.467. The third-order valence-corrected chi connectivity index (χ3v) is 4.92. The van der Waals surface area contributed by atoms with Crippen molar-refractivity contribution >= 4 is 17.1 Å². The Bertz CT molecular complexity index is 668. The quantitative estimate of drug-likeness (QED) is 0.893. The van der Waals surface area contributed by atoms with Crippen LogP contribution in [-0.2, 0) is 0 Å². The molecular formula is C15H17NO3. The molecule has 4 nitrogen and oxygen atoms in total. The topological polar surface area (TPSA) is 63.3 Å². The molecule has 1 fully saturated rings. The Morgan fingerprint density at radius 3 is 2.42 bits per heavy atom. The van der Waals surface area contributed by atoms with Crippen LogP contribution in [0.3, 0.4) is 0 Å². The zero-order chi connectivity index (χ0) is 14.0. The first-order chi connectivity index (χ1) is 8.75. The van der Waals surface area contributed by atoms with Crippen molar-refractivity contribution in [1.29, 1.82) is 0 Å². The number of oxazole rings is 1.